The minimum absolute atomic E-state index is 0.0405. The van der Waals surface area contributed by atoms with Gasteiger partial charge in [-0.05, 0) is 37.0 Å². The zero-order chi connectivity index (χ0) is 12.8. The van der Waals surface area contributed by atoms with Crippen LogP contribution >= 0.6 is 0 Å². The number of aryl methyl sites for hydroxylation is 2. The second-order valence-corrected chi connectivity index (χ2v) is 4.55. The van der Waals surface area contributed by atoms with Gasteiger partial charge in [0.1, 0.15) is 0 Å². The van der Waals surface area contributed by atoms with Gasteiger partial charge in [-0.25, -0.2) is 0 Å². The van der Waals surface area contributed by atoms with Crippen molar-refractivity contribution >= 4 is 5.91 Å². The van der Waals surface area contributed by atoms with Crippen LogP contribution in [0.4, 0.5) is 0 Å². The van der Waals surface area contributed by atoms with Gasteiger partial charge in [-0.3, -0.25) is 4.79 Å². The van der Waals surface area contributed by atoms with E-state index >= 15 is 0 Å². The maximum absolute atomic E-state index is 11.5. The molecule has 17 heavy (non-hydrogen) atoms. The fraction of sp³-hybridized carbons (Fsp3) is 0.500. The highest BCUT2D eigenvalue weighted by atomic mass is 16.1. The van der Waals surface area contributed by atoms with Gasteiger partial charge in [-0.15, -0.1) is 0 Å². The van der Waals surface area contributed by atoms with E-state index in [0.717, 1.165) is 6.42 Å². The van der Waals surface area contributed by atoms with Crippen molar-refractivity contribution in [2.45, 2.75) is 27.2 Å². The minimum atomic E-state index is -0.104. The molecule has 1 aromatic carbocycles. The van der Waals surface area contributed by atoms with E-state index < -0.39 is 0 Å². The predicted octanol–water partition coefficient (Wildman–Crippen LogP) is 1.56. The number of nitrogens with two attached hydrogens (primary N) is 1. The lowest BCUT2D eigenvalue weighted by atomic mass is 10.00. The lowest BCUT2D eigenvalue weighted by Crippen LogP contribution is -2.34. The van der Waals surface area contributed by atoms with Gasteiger partial charge in [0, 0.05) is 19.0 Å². The van der Waals surface area contributed by atoms with Crippen LogP contribution in [0.5, 0.6) is 0 Å². The Morgan fingerprint density at radius 1 is 1.35 bits per heavy atom. The smallest absolute Gasteiger partial charge is 0.224 e. The quantitative estimate of drug-likeness (QED) is 0.812. The topological polar surface area (TPSA) is 55.1 Å². The average molecular weight is 234 g/mol. The summed E-state index contributed by atoms with van der Waals surface area (Å²) in [4.78, 5) is 11.5. The molecule has 0 radical (unpaired) electrons. The van der Waals surface area contributed by atoms with Crippen molar-refractivity contribution in [1.82, 2.24) is 5.32 Å². The van der Waals surface area contributed by atoms with E-state index in [-0.39, 0.29) is 11.8 Å². The second kappa shape index (κ2) is 6.40. The number of hydrogen-bond acceptors (Lipinski definition) is 2. The Kier molecular flexibility index (Phi) is 5.16. The Bertz CT molecular complexity index is 368. The summed E-state index contributed by atoms with van der Waals surface area (Å²) in [6.07, 6.45) is 0.877. The maximum Gasteiger partial charge on any atom is 0.224 e. The van der Waals surface area contributed by atoms with Crippen LogP contribution in [0.3, 0.4) is 0 Å². The zero-order valence-electron chi connectivity index (χ0n) is 10.9. The van der Waals surface area contributed by atoms with Crippen LogP contribution in [0.15, 0.2) is 18.2 Å². The number of hydrogen-bond donors (Lipinski definition) is 2. The summed E-state index contributed by atoms with van der Waals surface area (Å²) in [7, 11) is 0. The molecule has 1 atom stereocenters. The van der Waals surface area contributed by atoms with E-state index in [2.05, 4.69) is 37.4 Å². The minimum Gasteiger partial charge on any atom is -0.355 e. The van der Waals surface area contributed by atoms with Gasteiger partial charge in [0.05, 0.1) is 0 Å². The van der Waals surface area contributed by atoms with Gasteiger partial charge in [-0.1, -0.05) is 25.1 Å². The van der Waals surface area contributed by atoms with Gasteiger partial charge in [-0.2, -0.15) is 0 Å². The molecule has 1 aromatic rings. The zero-order valence-corrected chi connectivity index (χ0v) is 10.9. The highest BCUT2D eigenvalue weighted by molar-refractivity contribution is 5.78. The largest absolute Gasteiger partial charge is 0.355 e. The second-order valence-electron chi connectivity index (χ2n) is 4.55. The first-order valence-corrected chi connectivity index (χ1v) is 6.09. The van der Waals surface area contributed by atoms with Crippen LogP contribution < -0.4 is 11.1 Å². The Labute approximate surface area is 103 Å². The molecule has 0 heterocycles. The molecule has 1 rings (SSSR count). The highest BCUT2D eigenvalue weighted by Crippen LogP contribution is 2.13. The fourth-order valence-electron chi connectivity index (χ4n) is 1.84. The van der Waals surface area contributed by atoms with Crippen molar-refractivity contribution in [3.05, 3.63) is 34.9 Å². The summed E-state index contributed by atoms with van der Waals surface area (Å²) in [5, 5.41) is 2.92. The molecule has 94 valence electrons. The van der Waals surface area contributed by atoms with Crippen molar-refractivity contribution in [3.8, 4) is 0 Å². The number of benzene rings is 1. The summed E-state index contributed by atoms with van der Waals surface area (Å²) < 4.78 is 0. The molecule has 0 aliphatic heterocycles. The van der Waals surface area contributed by atoms with E-state index in [1.54, 1.807) is 0 Å². The van der Waals surface area contributed by atoms with Crippen LogP contribution in [0.25, 0.3) is 0 Å². The number of carbonyl (C=O) groups is 1. The Morgan fingerprint density at radius 3 is 2.47 bits per heavy atom. The SMILES string of the molecule is Cc1cccc(C)c1CCNC(=O)C(C)CN. The van der Waals surface area contributed by atoms with Crippen molar-refractivity contribution in [3.63, 3.8) is 0 Å². The molecule has 0 saturated carbocycles. The fourth-order valence-corrected chi connectivity index (χ4v) is 1.84. The Hall–Kier alpha value is -1.35. The molecule has 0 bridgehead atoms. The van der Waals surface area contributed by atoms with Crippen molar-refractivity contribution < 1.29 is 4.79 Å². The highest BCUT2D eigenvalue weighted by Gasteiger charge is 2.10. The van der Waals surface area contributed by atoms with Crippen molar-refractivity contribution in [2.75, 3.05) is 13.1 Å². The molecule has 0 aliphatic carbocycles. The van der Waals surface area contributed by atoms with Crippen LogP contribution in [-0.2, 0) is 11.2 Å². The van der Waals surface area contributed by atoms with E-state index in [1.165, 1.54) is 16.7 Å². The van der Waals surface area contributed by atoms with Gasteiger partial charge in [0.25, 0.3) is 0 Å². The van der Waals surface area contributed by atoms with Gasteiger partial charge in [0.2, 0.25) is 5.91 Å². The molecular weight excluding hydrogens is 212 g/mol. The normalized spacial score (nSPS) is 12.2. The van der Waals surface area contributed by atoms with Gasteiger partial charge in [0.15, 0.2) is 0 Å². The Morgan fingerprint density at radius 2 is 1.94 bits per heavy atom. The van der Waals surface area contributed by atoms with Gasteiger partial charge < -0.3 is 11.1 Å². The Balaban J connectivity index is 2.49. The third-order valence-electron chi connectivity index (χ3n) is 3.12. The lowest BCUT2D eigenvalue weighted by molar-refractivity contribution is -0.124. The van der Waals surface area contributed by atoms with Crippen LogP contribution in [0, 0.1) is 19.8 Å². The first-order valence-electron chi connectivity index (χ1n) is 6.09. The van der Waals surface area contributed by atoms with E-state index in [9.17, 15) is 4.79 Å². The molecule has 0 fully saturated rings. The number of rotatable bonds is 5. The molecule has 0 saturated heterocycles. The predicted molar refractivity (Wildman–Crippen MR) is 70.8 cm³/mol. The molecule has 3 heteroatoms. The molecule has 3 nitrogen and oxygen atoms in total. The molecule has 1 unspecified atom stereocenters. The molecular formula is C14H22N2O. The average Bonchev–Trinajstić information content (AvgIpc) is 2.31. The maximum atomic E-state index is 11.5. The van der Waals surface area contributed by atoms with Gasteiger partial charge >= 0.3 is 0 Å². The standard InChI is InChI=1S/C14H22N2O/c1-10-5-4-6-11(2)13(10)7-8-16-14(17)12(3)9-15/h4-6,12H,7-9,15H2,1-3H3,(H,16,17). The summed E-state index contributed by atoms with van der Waals surface area (Å²) >= 11 is 0. The van der Waals surface area contributed by atoms with E-state index in [4.69, 9.17) is 5.73 Å². The van der Waals surface area contributed by atoms with Crippen molar-refractivity contribution in [1.29, 1.82) is 0 Å². The van der Waals surface area contributed by atoms with Crippen molar-refractivity contribution in [2.24, 2.45) is 11.7 Å². The third kappa shape index (κ3) is 3.86. The van der Waals surface area contributed by atoms with E-state index in [1.807, 2.05) is 6.92 Å². The van der Waals surface area contributed by atoms with Crippen LogP contribution in [0.1, 0.15) is 23.6 Å². The first-order chi connectivity index (χ1) is 8.06. The van der Waals surface area contributed by atoms with Crippen LogP contribution in [-0.4, -0.2) is 19.0 Å². The molecule has 1 amide bonds. The third-order valence-corrected chi connectivity index (χ3v) is 3.12. The molecule has 0 aliphatic rings. The number of nitrogens with one attached hydrogen (secondary N) is 1. The first kappa shape index (κ1) is 13.7. The number of amides is 1. The summed E-state index contributed by atoms with van der Waals surface area (Å²) in [5.74, 6) is -0.0632. The summed E-state index contributed by atoms with van der Waals surface area (Å²) in [6, 6.07) is 6.27. The number of carbonyl (C=O) groups excluding carboxylic acids is 1. The van der Waals surface area contributed by atoms with Crippen LogP contribution in [0.2, 0.25) is 0 Å². The molecule has 3 N–H and O–H groups in total. The summed E-state index contributed by atoms with van der Waals surface area (Å²) in [5.41, 5.74) is 9.34. The molecule has 0 spiro atoms. The molecule has 0 aromatic heterocycles. The summed E-state index contributed by atoms with van der Waals surface area (Å²) in [6.45, 7) is 7.12. The monoisotopic (exact) mass is 234 g/mol. The van der Waals surface area contributed by atoms with E-state index in [0.29, 0.717) is 13.1 Å². The lowest BCUT2D eigenvalue weighted by Gasteiger charge is -2.12.